The van der Waals surface area contributed by atoms with Gasteiger partial charge in [0.25, 0.3) is 0 Å². The third kappa shape index (κ3) is 4.34. The second-order valence-electron chi connectivity index (χ2n) is 7.56. The normalized spacial score (nSPS) is 18.2. The number of H-pyrrole nitrogens is 1. The molecular weight excluding hydrogens is 408 g/mol. The lowest BCUT2D eigenvalue weighted by Crippen LogP contribution is -2.39. The summed E-state index contributed by atoms with van der Waals surface area (Å²) in [7, 11) is -3.23. The van der Waals surface area contributed by atoms with Gasteiger partial charge in [-0.3, -0.25) is 14.3 Å². The predicted octanol–water partition coefficient (Wildman–Crippen LogP) is 2.62. The average molecular weight is 433 g/mol. The lowest BCUT2D eigenvalue weighted by atomic mass is 9.99. The molecule has 0 unspecified atom stereocenters. The Labute approximate surface area is 175 Å². The number of rotatable bonds is 5. The molecule has 0 saturated carbocycles. The minimum Gasteiger partial charge on any atom is -0.269 e. The number of hydrogen-bond donors (Lipinski definition) is 1. The first-order chi connectivity index (χ1) is 13.8. The van der Waals surface area contributed by atoms with Crippen molar-refractivity contribution >= 4 is 22.2 Å². The van der Waals surface area contributed by atoms with Crippen LogP contribution < -0.4 is 0 Å². The number of nitrogens with zero attached hydrogens (tertiary/aromatic N) is 5. The van der Waals surface area contributed by atoms with Crippen LogP contribution in [0.1, 0.15) is 35.7 Å². The van der Waals surface area contributed by atoms with Gasteiger partial charge in [-0.2, -0.15) is 10.2 Å². The van der Waals surface area contributed by atoms with Crippen molar-refractivity contribution in [1.29, 1.82) is 0 Å². The van der Waals surface area contributed by atoms with Gasteiger partial charge in [0.15, 0.2) is 4.77 Å². The minimum absolute atomic E-state index is 0.0214. The van der Waals surface area contributed by atoms with E-state index in [9.17, 15) is 8.42 Å². The summed E-state index contributed by atoms with van der Waals surface area (Å²) in [5.74, 6) is 0.727. The Bertz CT molecular complexity index is 1160. The summed E-state index contributed by atoms with van der Waals surface area (Å²) in [6.45, 7) is 3.69. The van der Waals surface area contributed by atoms with Gasteiger partial charge in [-0.1, -0.05) is 29.8 Å². The minimum atomic E-state index is -3.23. The largest absolute Gasteiger partial charge is 0.269 e. The van der Waals surface area contributed by atoms with E-state index in [1.165, 1.54) is 16.1 Å². The number of benzene rings is 1. The van der Waals surface area contributed by atoms with Gasteiger partial charge in [-0.15, -0.1) is 0 Å². The topological polar surface area (TPSA) is 88.8 Å². The van der Waals surface area contributed by atoms with Crippen LogP contribution in [0.2, 0.25) is 0 Å². The van der Waals surface area contributed by atoms with Crippen molar-refractivity contribution in [2.45, 2.75) is 32.2 Å². The molecule has 1 aliphatic rings. The van der Waals surface area contributed by atoms with Gasteiger partial charge in [-0.05, 0) is 37.5 Å². The average Bonchev–Trinajstić information content (AvgIpc) is 3.29. The maximum absolute atomic E-state index is 12.0. The number of nitrogens with one attached hydrogen (secondary N) is 1. The van der Waals surface area contributed by atoms with Crippen molar-refractivity contribution in [1.82, 2.24) is 28.9 Å². The first kappa shape index (κ1) is 20.0. The molecule has 1 N–H and O–H groups in total. The van der Waals surface area contributed by atoms with Crippen LogP contribution in [-0.2, 0) is 16.6 Å². The summed E-state index contributed by atoms with van der Waals surface area (Å²) in [4.78, 5) is 0. The van der Waals surface area contributed by atoms with Crippen LogP contribution in [0.3, 0.4) is 0 Å². The van der Waals surface area contributed by atoms with Crippen molar-refractivity contribution in [2.75, 3.05) is 19.3 Å². The van der Waals surface area contributed by atoms with Crippen molar-refractivity contribution in [2.24, 2.45) is 0 Å². The van der Waals surface area contributed by atoms with Gasteiger partial charge in [0, 0.05) is 25.2 Å². The lowest BCUT2D eigenvalue weighted by molar-refractivity contribution is 0.309. The summed E-state index contributed by atoms with van der Waals surface area (Å²) in [6, 6.07) is 8.35. The summed E-state index contributed by atoms with van der Waals surface area (Å²) >= 11 is 5.46. The van der Waals surface area contributed by atoms with Gasteiger partial charge >= 0.3 is 0 Å². The molecule has 1 saturated heterocycles. The van der Waals surface area contributed by atoms with E-state index in [1.54, 1.807) is 6.20 Å². The summed E-state index contributed by atoms with van der Waals surface area (Å²) in [5.41, 5.74) is 3.21. The van der Waals surface area contributed by atoms with Crippen LogP contribution in [0.4, 0.5) is 0 Å². The van der Waals surface area contributed by atoms with Crippen molar-refractivity contribution in [3.05, 3.63) is 58.4 Å². The number of hydrogen-bond acceptors (Lipinski definition) is 5. The van der Waals surface area contributed by atoms with Crippen LogP contribution in [0.25, 0.3) is 5.69 Å². The van der Waals surface area contributed by atoms with Crippen LogP contribution in [0.15, 0.2) is 36.7 Å². The summed E-state index contributed by atoms with van der Waals surface area (Å²) < 4.78 is 29.7. The molecule has 1 aromatic carbocycles. The Morgan fingerprint density at radius 1 is 1.28 bits per heavy atom. The summed E-state index contributed by atoms with van der Waals surface area (Å²) in [5, 5.41) is 11.8. The van der Waals surface area contributed by atoms with E-state index in [4.69, 9.17) is 12.2 Å². The predicted molar refractivity (Wildman–Crippen MR) is 113 cm³/mol. The van der Waals surface area contributed by atoms with Crippen molar-refractivity contribution in [3.8, 4) is 5.69 Å². The number of aromatic amines is 1. The molecule has 1 fully saturated rings. The smallest absolute Gasteiger partial charge is 0.211 e. The first-order valence-corrected chi connectivity index (χ1v) is 11.8. The molecule has 154 valence electrons. The maximum Gasteiger partial charge on any atom is 0.211 e. The molecule has 0 spiro atoms. The Kier molecular flexibility index (Phi) is 5.41. The molecule has 1 aliphatic heterocycles. The Balaban J connectivity index is 1.60. The highest BCUT2D eigenvalue weighted by molar-refractivity contribution is 7.88. The van der Waals surface area contributed by atoms with E-state index >= 15 is 0 Å². The lowest BCUT2D eigenvalue weighted by Gasteiger charge is -2.30. The van der Waals surface area contributed by atoms with E-state index in [2.05, 4.69) is 46.5 Å². The quantitative estimate of drug-likeness (QED) is 0.626. The van der Waals surface area contributed by atoms with E-state index in [1.807, 2.05) is 15.4 Å². The van der Waals surface area contributed by atoms with Crippen molar-refractivity contribution < 1.29 is 8.42 Å². The number of aryl methyl sites for hydroxylation is 1. The van der Waals surface area contributed by atoms with Crippen LogP contribution >= 0.6 is 12.2 Å². The molecule has 8 nitrogen and oxygen atoms in total. The fraction of sp³-hybridized carbons (Fsp3) is 0.421. The zero-order valence-electron chi connectivity index (χ0n) is 16.4. The Morgan fingerprint density at radius 3 is 2.76 bits per heavy atom. The summed E-state index contributed by atoms with van der Waals surface area (Å²) in [6.07, 6.45) is 6.61. The second-order valence-corrected chi connectivity index (χ2v) is 9.93. The SMILES string of the molecule is Cc1ccc(Cn2cc(-n3c([C@H]4CCCN(S(C)(=O)=O)C4)n[nH]c3=S)cn2)cc1. The highest BCUT2D eigenvalue weighted by atomic mass is 32.2. The van der Waals surface area contributed by atoms with Gasteiger partial charge < -0.3 is 0 Å². The van der Waals surface area contributed by atoms with Gasteiger partial charge in [0.1, 0.15) is 5.82 Å². The molecule has 0 aliphatic carbocycles. The molecule has 2 aromatic heterocycles. The molecule has 3 aromatic rings. The molecule has 0 amide bonds. The van der Waals surface area contributed by atoms with Crippen molar-refractivity contribution in [3.63, 3.8) is 0 Å². The molecule has 10 heteroatoms. The van der Waals surface area contributed by atoms with E-state index in [-0.39, 0.29) is 5.92 Å². The van der Waals surface area contributed by atoms with E-state index in [0.717, 1.165) is 29.9 Å². The Morgan fingerprint density at radius 2 is 2.03 bits per heavy atom. The third-order valence-corrected chi connectivity index (χ3v) is 6.80. The molecular formula is C19H24N6O2S2. The monoisotopic (exact) mass is 432 g/mol. The third-order valence-electron chi connectivity index (χ3n) is 5.26. The van der Waals surface area contributed by atoms with Crippen LogP contribution in [-0.4, -0.2) is 56.6 Å². The van der Waals surface area contributed by atoms with Crippen LogP contribution in [0.5, 0.6) is 0 Å². The van der Waals surface area contributed by atoms with Crippen LogP contribution in [0, 0.1) is 11.7 Å². The maximum atomic E-state index is 12.0. The second kappa shape index (κ2) is 7.85. The molecule has 1 atom stereocenters. The highest BCUT2D eigenvalue weighted by Crippen LogP contribution is 2.28. The number of sulfonamides is 1. The van der Waals surface area contributed by atoms with Gasteiger partial charge in [-0.25, -0.2) is 12.7 Å². The molecule has 0 bridgehead atoms. The zero-order valence-corrected chi connectivity index (χ0v) is 18.1. The molecule has 3 heterocycles. The zero-order chi connectivity index (χ0) is 20.6. The molecule has 29 heavy (non-hydrogen) atoms. The number of piperidine rings is 1. The van der Waals surface area contributed by atoms with E-state index in [0.29, 0.717) is 24.4 Å². The molecule has 0 radical (unpaired) electrons. The first-order valence-electron chi connectivity index (χ1n) is 9.52. The van der Waals surface area contributed by atoms with Gasteiger partial charge in [0.05, 0.1) is 24.7 Å². The number of aromatic nitrogens is 5. The standard InChI is InChI=1S/C19H24N6O2S2/c1-14-5-7-15(8-6-14)11-23-13-17(10-20-23)25-18(21-22-19(25)28)16-4-3-9-24(12-16)29(2,26)27/h5-8,10,13,16H,3-4,9,11-12H2,1-2H3,(H,22,28)/t16-/m0/s1. The Hall–Kier alpha value is -2.30. The van der Waals surface area contributed by atoms with Gasteiger partial charge in [0.2, 0.25) is 10.0 Å². The fourth-order valence-electron chi connectivity index (χ4n) is 3.72. The highest BCUT2D eigenvalue weighted by Gasteiger charge is 2.30. The molecule has 4 rings (SSSR count). The van der Waals surface area contributed by atoms with E-state index < -0.39 is 10.0 Å². The fourth-order valence-corrected chi connectivity index (χ4v) is 4.88.